The van der Waals surface area contributed by atoms with E-state index in [0.29, 0.717) is 0 Å². The normalized spacial score (nSPS) is 11.3. The van der Waals surface area contributed by atoms with Crippen molar-refractivity contribution in [3.63, 3.8) is 0 Å². The third kappa shape index (κ3) is 5.04. The number of nitrogens with zero attached hydrogens (tertiary/aromatic N) is 1. The first-order valence-corrected chi connectivity index (χ1v) is 6.76. The fourth-order valence-electron chi connectivity index (χ4n) is 1.66. The summed E-state index contributed by atoms with van der Waals surface area (Å²) < 4.78 is 38.2. The van der Waals surface area contributed by atoms with Gasteiger partial charge in [0.1, 0.15) is 0 Å². The summed E-state index contributed by atoms with van der Waals surface area (Å²) in [7, 11) is 1.42. The first-order valence-electron chi connectivity index (χ1n) is 5.97. The maximum atomic E-state index is 12.8. The fraction of sp³-hybridized carbons (Fsp3) is 0.385. The molecule has 0 aromatic heterocycles. The van der Waals surface area contributed by atoms with Crippen LogP contribution < -0.4 is 0 Å². The summed E-state index contributed by atoms with van der Waals surface area (Å²) in [5.74, 6) is -1.57. The maximum Gasteiger partial charge on any atom is 0.417 e. The second kappa shape index (κ2) is 6.93. The van der Waals surface area contributed by atoms with Gasteiger partial charge in [0.15, 0.2) is 0 Å². The quantitative estimate of drug-likeness (QED) is 0.867. The number of carboxylic acid groups (broad SMARTS) is 1. The summed E-state index contributed by atoms with van der Waals surface area (Å²) in [5, 5.41) is 8.50. The highest BCUT2D eigenvalue weighted by Gasteiger charge is 2.33. The molecule has 0 radical (unpaired) electrons. The van der Waals surface area contributed by atoms with Crippen molar-refractivity contribution >= 4 is 27.8 Å². The maximum absolute atomic E-state index is 12.8. The van der Waals surface area contributed by atoms with Gasteiger partial charge >= 0.3 is 12.1 Å². The van der Waals surface area contributed by atoms with Crippen LogP contribution >= 0.6 is 15.9 Å². The predicted octanol–water partition coefficient (Wildman–Crippen LogP) is 3.40. The summed E-state index contributed by atoms with van der Waals surface area (Å²) in [4.78, 5) is 23.6. The van der Waals surface area contributed by atoms with Crippen LogP contribution in [0.15, 0.2) is 22.7 Å². The van der Waals surface area contributed by atoms with Gasteiger partial charge < -0.3 is 10.0 Å². The van der Waals surface area contributed by atoms with Gasteiger partial charge in [-0.05, 0) is 24.6 Å². The zero-order valence-corrected chi connectivity index (χ0v) is 12.7. The molecular weight excluding hydrogens is 355 g/mol. The SMILES string of the molecule is CN(CCCC(=O)O)C(=O)c1ccc(Br)c(C(F)(F)F)c1. The second-order valence-corrected chi connectivity index (χ2v) is 5.27. The average Bonchev–Trinajstić information content (AvgIpc) is 2.36. The van der Waals surface area contributed by atoms with Gasteiger partial charge in [0, 0.05) is 30.0 Å². The van der Waals surface area contributed by atoms with Crippen LogP contribution in [0.25, 0.3) is 0 Å². The van der Waals surface area contributed by atoms with Crippen LogP contribution in [0.1, 0.15) is 28.8 Å². The van der Waals surface area contributed by atoms with Gasteiger partial charge in [0.25, 0.3) is 5.91 Å². The third-order valence-electron chi connectivity index (χ3n) is 2.75. The summed E-state index contributed by atoms with van der Waals surface area (Å²) in [5.41, 5.74) is -1.02. The van der Waals surface area contributed by atoms with Crippen LogP contribution in [0.3, 0.4) is 0 Å². The van der Waals surface area contributed by atoms with E-state index >= 15 is 0 Å². The highest BCUT2D eigenvalue weighted by atomic mass is 79.9. The molecule has 21 heavy (non-hydrogen) atoms. The van der Waals surface area contributed by atoms with Crippen molar-refractivity contribution in [2.75, 3.05) is 13.6 Å². The Labute approximate surface area is 127 Å². The van der Waals surface area contributed by atoms with Gasteiger partial charge in [-0.25, -0.2) is 0 Å². The Morgan fingerprint density at radius 1 is 1.33 bits per heavy atom. The Kier molecular flexibility index (Phi) is 5.77. The average molecular weight is 368 g/mol. The van der Waals surface area contributed by atoms with E-state index in [1.807, 2.05) is 0 Å². The zero-order chi connectivity index (χ0) is 16.2. The van der Waals surface area contributed by atoms with E-state index in [9.17, 15) is 22.8 Å². The lowest BCUT2D eigenvalue weighted by molar-refractivity contribution is -0.138. The van der Waals surface area contributed by atoms with Crippen molar-refractivity contribution in [1.82, 2.24) is 4.90 Å². The Hall–Kier alpha value is -1.57. The number of carboxylic acids is 1. The van der Waals surface area contributed by atoms with E-state index in [2.05, 4.69) is 15.9 Å². The highest BCUT2D eigenvalue weighted by Crippen LogP contribution is 2.35. The molecule has 1 rings (SSSR count). The van der Waals surface area contributed by atoms with Crippen LogP contribution in [0.2, 0.25) is 0 Å². The van der Waals surface area contributed by atoms with Crippen LogP contribution in [0.4, 0.5) is 13.2 Å². The van der Waals surface area contributed by atoms with Crippen LogP contribution in [-0.2, 0) is 11.0 Å². The molecule has 0 saturated carbocycles. The molecule has 0 spiro atoms. The summed E-state index contributed by atoms with van der Waals surface area (Å²) >= 11 is 2.80. The lowest BCUT2D eigenvalue weighted by Crippen LogP contribution is -2.28. The number of halogens is 4. The number of benzene rings is 1. The van der Waals surface area contributed by atoms with Crippen molar-refractivity contribution in [2.24, 2.45) is 0 Å². The second-order valence-electron chi connectivity index (χ2n) is 4.42. The number of hydrogen-bond acceptors (Lipinski definition) is 2. The van der Waals surface area contributed by atoms with E-state index in [4.69, 9.17) is 5.11 Å². The molecule has 4 nitrogen and oxygen atoms in total. The standard InChI is InChI=1S/C13H13BrF3NO3/c1-18(6-2-3-11(19)20)12(21)8-4-5-10(14)9(7-8)13(15,16)17/h4-5,7H,2-3,6H2,1H3,(H,19,20). The lowest BCUT2D eigenvalue weighted by Gasteiger charge is -2.18. The van der Waals surface area contributed by atoms with Crippen molar-refractivity contribution in [3.8, 4) is 0 Å². The summed E-state index contributed by atoms with van der Waals surface area (Å²) in [6.07, 6.45) is -4.43. The van der Waals surface area contributed by atoms with E-state index in [1.165, 1.54) is 24.1 Å². The molecule has 0 aliphatic heterocycles. The highest BCUT2D eigenvalue weighted by molar-refractivity contribution is 9.10. The van der Waals surface area contributed by atoms with Gasteiger partial charge in [0.2, 0.25) is 0 Å². The Morgan fingerprint density at radius 3 is 2.48 bits per heavy atom. The van der Waals surface area contributed by atoms with Gasteiger partial charge in [0.05, 0.1) is 5.56 Å². The van der Waals surface area contributed by atoms with E-state index in [-0.39, 0.29) is 29.4 Å². The van der Waals surface area contributed by atoms with E-state index in [1.54, 1.807) is 0 Å². The first kappa shape index (κ1) is 17.5. The van der Waals surface area contributed by atoms with E-state index < -0.39 is 23.6 Å². The first-order chi connectivity index (χ1) is 9.62. The number of aliphatic carboxylic acids is 1. The van der Waals surface area contributed by atoms with Crippen LogP contribution in [-0.4, -0.2) is 35.5 Å². The molecule has 1 aromatic rings. The predicted molar refractivity (Wildman–Crippen MR) is 73.0 cm³/mol. The molecule has 0 aliphatic rings. The molecule has 8 heteroatoms. The van der Waals surface area contributed by atoms with Crippen LogP contribution in [0, 0.1) is 0 Å². The fourth-order valence-corrected chi connectivity index (χ4v) is 2.14. The molecule has 0 heterocycles. The van der Waals surface area contributed by atoms with Crippen molar-refractivity contribution in [3.05, 3.63) is 33.8 Å². The van der Waals surface area contributed by atoms with Gasteiger partial charge in [-0.15, -0.1) is 0 Å². The zero-order valence-electron chi connectivity index (χ0n) is 11.1. The summed E-state index contributed by atoms with van der Waals surface area (Å²) in [6.45, 7) is 0.155. The van der Waals surface area contributed by atoms with Crippen molar-refractivity contribution < 1.29 is 27.9 Å². The third-order valence-corrected chi connectivity index (χ3v) is 3.44. The molecule has 0 saturated heterocycles. The molecular formula is C13H13BrF3NO3. The molecule has 0 unspecified atom stereocenters. The number of alkyl halides is 3. The Balaban J connectivity index is 2.85. The number of carbonyl (C=O) groups is 2. The number of rotatable bonds is 5. The molecule has 1 N–H and O–H groups in total. The summed E-state index contributed by atoms with van der Waals surface area (Å²) in [6, 6.07) is 3.23. The monoisotopic (exact) mass is 367 g/mol. The number of hydrogen-bond donors (Lipinski definition) is 1. The topological polar surface area (TPSA) is 57.6 Å². The Bertz CT molecular complexity index is 546. The molecule has 0 fully saturated rings. The van der Waals surface area contributed by atoms with Crippen LogP contribution in [0.5, 0.6) is 0 Å². The minimum atomic E-state index is -4.56. The molecule has 0 atom stereocenters. The smallest absolute Gasteiger partial charge is 0.417 e. The minimum Gasteiger partial charge on any atom is -0.481 e. The van der Waals surface area contributed by atoms with Crippen molar-refractivity contribution in [1.29, 1.82) is 0 Å². The minimum absolute atomic E-state index is 0.0941. The molecule has 0 aliphatic carbocycles. The number of carbonyl (C=O) groups excluding carboxylic acids is 1. The Morgan fingerprint density at radius 2 is 1.95 bits per heavy atom. The van der Waals surface area contributed by atoms with Gasteiger partial charge in [-0.1, -0.05) is 15.9 Å². The largest absolute Gasteiger partial charge is 0.481 e. The van der Waals surface area contributed by atoms with Crippen molar-refractivity contribution in [2.45, 2.75) is 19.0 Å². The van der Waals surface area contributed by atoms with E-state index in [0.717, 1.165) is 6.07 Å². The molecule has 1 aromatic carbocycles. The molecule has 0 bridgehead atoms. The van der Waals surface area contributed by atoms with Gasteiger partial charge in [-0.3, -0.25) is 9.59 Å². The molecule has 1 amide bonds. The number of amides is 1. The molecule has 116 valence electrons. The lowest BCUT2D eigenvalue weighted by atomic mass is 10.1. The van der Waals surface area contributed by atoms with Gasteiger partial charge in [-0.2, -0.15) is 13.2 Å².